The van der Waals surface area contributed by atoms with Gasteiger partial charge in [0.15, 0.2) is 15.3 Å². The van der Waals surface area contributed by atoms with Crippen molar-refractivity contribution >= 4 is 72.3 Å². The van der Waals surface area contributed by atoms with Crippen molar-refractivity contribution < 1.29 is 14.0 Å². The number of thiazole rings is 1. The van der Waals surface area contributed by atoms with Crippen LogP contribution in [0.25, 0.3) is 0 Å². The Balaban J connectivity index is 1.48. The molecule has 1 aromatic carbocycles. The minimum Gasteiger partial charge on any atom is -0.384 e. The molecule has 0 bridgehead atoms. The maximum absolute atomic E-state index is 15.0. The van der Waals surface area contributed by atoms with Crippen molar-refractivity contribution in [3.63, 3.8) is 0 Å². The monoisotopic (exact) mass is 617 g/mol. The Morgan fingerprint density at radius 3 is 2.97 bits per heavy atom. The molecule has 9 nitrogen and oxygen atoms in total. The number of carbonyl (C=O) groups is 2. The molecule has 0 fully saturated rings. The molecule has 2 aliphatic rings. The number of ketones is 1. The minimum absolute atomic E-state index is 0.0678. The number of aromatic nitrogens is 3. The molecular weight excluding hydrogens is 601 g/mol. The van der Waals surface area contributed by atoms with E-state index in [-0.39, 0.29) is 34.4 Å². The van der Waals surface area contributed by atoms with Crippen LogP contribution >= 0.6 is 50.4 Å². The van der Waals surface area contributed by atoms with Gasteiger partial charge in [-0.3, -0.25) is 14.5 Å². The van der Waals surface area contributed by atoms with Gasteiger partial charge in [0.05, 0.1) is 23.3 Å². The number of nitrogens with one attached hydrogen (secondary N) is 1. The Labute approximate surface area is 231 Å². The highest BCUT2D eigenvalue weighted by Gasteiger charge is 2.42. The molecule has 3 heterocycles. The van der Waals surface area contributed by atoms with Gasteiger partial charge in [-0.1, -0.05) is 39.0 Å². The first kappa shape index (κ1) is 25.5. The fourth-order valence-corrected chi connectivity index (χ4v) is 6.88. The number of nitrogens with two attached hydrogens (primary N) is 1. The van der Waals surface area contributed by atoms with Crippen LogP contribution in [0.4, 0.5) is 14.7 Å². The maximum Gasteiger partial charge on any atom is 0.236 e. The smallest absolute Gasteiger partial charge is 0.236 e. The molecule has 0 spiro atoms. The van der Waals surface area contributed by atoms with Crippen molar-refractivity contribution in [3.05, 3.63) is 68.3 Å². The Morgan fingerprint density at radius 1 is 1.38 bits per heavy atom. The van der Waals surface area contributed by atoms with Gasteiger partial charge in [0.2, 0.25) is 11.0 Å². The molecule has 1 aliphatic carbocycles. The summed E-state index contributed by atoms with van der Waals surface area (Å²) in [6.45, 7) is 0. The van der Waals surface area contributed by atoms with Crippen LogP contribution in [0.3, 0.4) is 0 Å². The molecule has 14 heteroatoms. The molecular formula is C23H17BrFN7O2S3. The molecule has 1 unspecified atom stereocenters. The summed E-state index contributed by atoms with van der Waals surface area (Å²) in [5, 5.41) is 23.8. The van der Waals surface area contributed by atoms with E-state index in [0.717, 1.165) is 0 Å². The number of anilines is 2. The summed E-state index contributed by atoms with van der Waals surface area (Å²) in [7, 11) is 0. The molecule has 0 radical (unpaired) electrons. The number of Topliss-reactive ketones (excluding diaryl/α,β-unsaturated/α-hetero) is 1. The first-order valence-electron chi connectivity index (χ1n) is 10.9. The van der Waals surface area contributed by atoms with Crippen LogP contribution in [-0.2, 0) is 9.59 Å². The van der Waals surface area contributed by atoms with Crippen molar-refractivity contribution in [2.45, 2.75) is 29.5 Å². The number of rotatable bonds is 6. The third kappa shape index (κ3) is 5.04. The van der Waals surface area contributed by atoms with E-state index in [9.17, 15) is 19.2 Å². The van der Waals surface area contributed by atoms with E-state index >= 15 is 0 Å². The Bertz CT molecular complexity index is 1500. The molecule has 0 saturated heterocycles. The Morgan fingerprint density at radius 2 is 2.22 bits per heavy atom. The maximum atomic E-state index is 15.0. The van der Waals surface area contributed by atoms with Gasteiger partial charge in [0.1, 0.15) is 11.6 Å². The zero-order valence-electron chi connectivity index (χ0n) is 18.9. The van der Waals surface area contributed by atoms with E-state index in [2.05, 4.69) is 42.5 Å². The topological polar surface area (TPSA) is 138 Å². The summed E-state index contributed by atoms with van der Waals surface area (Å²) in [6.07, 6.45) is 2.99. The average molecular weight is 619 g/mol. The third-order valence-electron chi connectivity index (χ3n) is 5.77. The highest BCUT2D eigenvalue weighted by Crippen LogP contribution is 2.47. The second-order valence-electron chi connectivity index (χ2n) is 8.01. The number of hydrogen-bond donors (Lipinski definition) is 2. The standard InChI is InChI=1S/C23H17BrFN7O2S3/c24-11-4-5-14(25)12(8-11)18-13(9-26)20(27)32(15-2-1-3-16(33)19(15)18)22-30-31-23(37-22)36-10-17(34)29-21-28-6-7-35-21/h4-8,18H,1-3,10,27H2,(H,28,29,34). The minimum atomic E-state index is -0.919. The second kappa shape index (κ2) is 10.7. The molecule has 1 atom stereocenters. The van der Waals surface area contributed by atoms with Gasteiger partial charge in [-0.15, -0.1) is 21.5 Å². The summed E-state index contributed by atoms with van der Waals surface area (Å²) >= 11 is 7.06. The van der Waals surface area contributed by atoms with Gasteiger partial charge in [0, 0.05) is 39.3 Å². The van der Waals surface area contributed by atoms with Gasteiger partial charge in [0.25, 0.3) is 0 Å². The zero-order valence-corrected chi connectivity index (χ0v) is 22.9. The number of amides is 1. The van der Waals surface area contributed by atoms with Crippen LogP contribution in [-0.4, -0.2) is 32.6 Å². The molecule has 2 aromatic heterocycles. The van der Waals surface area contributed by atoms with Gasteiger partial charge >= 0.3 is 0 Å². The Hall–Kier alpha value is -3.12. The summed E-state index contributed by atoms with van der Waals surface area (Å²) in [6, 6.07) is 6.53. The molecule has 1 aliphatic heterocycles. The number of thioether (sulfide) groups is 1. The Kier molecular flexibility index (Phi) is 7.38. The van der Waals surface area contributed by atoms with Crippen LogP contribution in [0, 0.1) is 17.1 Å². The van der Waals surface area contributed by atoms with Crippen LogP contribution in [0.1, 0.15) is 30.7 Å². The number of halogens is 2. The van der Waals surface area contributed by atoms with Gasteiger partial charge < -0.3 is 11.1 Å². The molecule has 0 saturated carbocycles. The second-order valence-corrected chi connectivity index (χ2v) is 12.0. The van der Waals surface area contributed by atoms with E-state index < -0.39 is 11.7 Å². The normalized spacial score (nSPS) is 17.6. The predicted octanol–water partition coefficient (Wildman–Crippen LogP) is 4.93. The fraction of sp³-hybridized carbons (Fsp3) is 0.217. The van der Waals surface area contributed by atoms with Crippen molar-refractivity contribution in [1.29, 1.82) is 5.26 Å². The number of hydrogen-bond acceptors (Lipinski definition) is 11. The number of allylic oxidation sites excluding steroid dienone is 3. The number of carbonyl (C=O) groups excluding carboxylic acids is 2. The number of nitrogens with zero attached hydrogens (tertiary/aromatic N) is 5. The lowest BCUT2D eigenvalue weighted by Crippen LogP contribution is -2.38. The van der Waals surface area contributed by atoms with Gasteiger partial charge in [-0.25, -0.2) is 9.37 Å². The van der Waals surface area contributed by atoms with E-state index in [1.807, 2.05) is 0 Å². The third-order valence-corrected chi connectivity index (χ3v) is 9.00. The number of nitriles is 1. The quantitative estimate of drug-likeness (QED) is 0.368. The predicted molar refractivity (Wildman–Crippen MR) is 143 cm³/mol. The molecule has 3 aromatic rings. The van der Waals surface area contributed by atoms with Crippen molar-refractivity contribution in [1.82, 2.24) is 15.2 Å². The molecule has 188 valence electrons. The lowest BCUT2D eigenvalue weighted by atomic mass is 9.75. The highest BCUT2D eigenvalue weighted by molar-refractivity contribution is 9.10. The molecule has 37 heavy (non-hydrogen) atoms. The van der Waals surface area contributed by atoms with Crippen LogP contribution in [0.5, 0.6) is 0 Å². The van der Waals surface area contributed by atoms with Gasteiger partial charge in [-0.2, -0.15) is 5.26 Å². The van der Waals surface area contributed by atoms with E-state index in [1.54, 1.807) is 28.6 Å². The summed E-state index contributed by atoms with van der Waals surface area (Å²) in [5.41, 5.74) is 7.72. The lowest BCUT2D eigenvalue weighted by Gasteiger charge is -2.38. The zero-order chi connectivity index (χ0) is 26.1. The van der Waals surface area contributed by atoms with Gasteiger partial charge in [-0.05, 0) is 31.0 Å². The van der Waals surface area contributed by atoms with Crippen LogP contribution in [0.2, 0.25) is 0 Å². The van der Waals surface area contributed by atoms with E-state index in [1.165, 1.54) is 40.5 Å². The van der Waals surface area contributed by atoms with E-state index in [0.29, 0.717) is 49.6 Å². The summed E-state index contributed by atoms with van der Waals surface area (Å²) in [5.74, 6) is -1.67. The van der Waals surface area contributed by atoms with Crippen molar-refractivity contribution in [2.24, 2.45) is 5.73 Å². The largest absolute Gasteiger partial charge is 0.384 e. The molecule has 5 rings (SSSR count). The lowest BCUT2D eigenvalue weighted by molar-refractivity contribution is -0.116. The highest BCUT2D eigenvalue weighted by atomic mass is 79.9. The molecule has 3 N–H and O–H groups in total. The fourth-order valence-electron chi connectivity index (χ4n) is 4.27. The summed E-state index contributed by atoms with van der Waals surface area (Å²) < 4.78 is 16.1. The molecule has 1 amide bonds. The summed E-state index contributed by atoms with van der Waals surface area (Å²) in [4.78, 5) is 31.0. The van der Waals surface area contributed by atoms with Crippen LogP contribution < -0.4 is 16.0 Å². The van der Waals surface area contributed by atoms with Crippen molar-refractivity contribution in [3.8, 4) is 6.07 Å². The average Bonchev–Trinajstić information content (AvgIpc) is 3.56. The first-order valence-corrected chi connectivity index (χ1v) is 14.4. The first-order chi connectivity index (χ1) is 17.9. The van der Waals surface area contributed by atoms with E-state index in [4.69, 9.17) is 5.73 Å². The van der Waals surface area contributed by atoms with Crippen molar-refractivity contribution in [2.75, 3.05) is 16.0 Å². The van der Waals surface area contributed by atoms with Crippen LogP contribution in [0.15, 0.2) is 61.3 Å². The number of benzene rings is 1. The SMILES string of the molecule is N#CC1=C(N)N(c2nnc(SCC(=O)Nc3nccs3)s2)C2=C(C(=O)CCC2)C1c1cc(Br)ccc1F.